The molecule has 3 rings (SSSR count). The van der Waals surface area contributed by atoms with E-state index < -0.39 is 6.04 Å². The first-order valence-corrected chi connectivity index (χ1v) is 8.50. The average molecular weight is 359 g/mol. The van der Waals surface area contributed by atoms with Gasteiger partial charge < -0.3 is 15.0 Å². The van der Waals surface area contributed by atoms with Crippen LogP contribution in [0.5, 0.6) is 5.75 Å². The molecule has 0 aromatic heterocycles. The molecule has 1 aliphatic rings. The zero-order chi connectivity index (χ0) is 17.8. The van der Waals surface area contributed by atoms with Crippen LogP contribution >= 0.6 is 11.6 Å². The number of nitrogens with zero attached hydrogens (tertiary/aromatic N) is 1. The number of anilines is 1. The molecule has 0 spiro atoms. The molecule has 1 heterocycles. The number of fused-ring (bicyclic) bond motifs is 1. The predicted molar refractivity (Wildman–Crippen MR) is 96.9 cm³/mol. The third-order valence-corrected chi connectivity index (χ3v) is 4.26. The first-order valence-electron chi connectivity index (χ1n) is 8.12. The van der Waals surface area contributed by atoms with Crippen molar-refractivity contribution in [1.82, 2.24) is 5.32 Å². The molecule has 0 bridgehead atoms. The second-order valence-electron chi connectivity index (χ2n) is 5.84. The number of carbonyl (C=O) groups excluding carboxylic acids is 2. The number of rotatable bonds is 6. The van der Waals surface area contributed by atoms with Crippen molar-refractivity contribution in [3.8, 4) is 5.75 Å². The minimum atomic E-state index is -0.606. The summed E-state index contributed by atoms with van der Waals surface area (Å²) in [7, 11) is 0. The Balaban J connectivity index is 1.61. The van der Waals surface area contributed by atoms with Gasteiger partial charge in [0, 0.05) is 29.7 Å². The van der Waals surface area contributed by atoms with Gasteiger partial charge in [-0.3, -0.25) is 9.59 Å². The molecule has 6 heteroatoms. The molecule has 2 amide bonds. The second-order valence-corrected chi connectivity index (χ2v) is 6.27. The number of hydrogen-bond acceptors (Lipinski definition) is 3. The maximum atomic E-state index is 12.7. The van der Waals surface area contributed by atoms with Crippen molar-refractivity contribution in [1.29, 1.82) is 0 Å². The Bertz CT molecular complexity index is 776. The first-order chi connectivity index (χ1) is 12.1. The fourth-order valence-electron chi connectivity index (χ4n) is 2.90. The maximum Gasteiger partial charge on any atom is 0.254 e. The minimum absolute atomic E-state index is 0.108. The highest BCUT2D eigenvalue weighted by atomic mass is 35.5. The first kappa shape index (κ1) is 17.3. The lowest BCUT2D eigenvalue weighted by molar-refractivity contribution is -0.126. The van der Waals surface area contributed by atoms with E-state index in [1.54, 1.807) is 17.0 Å². The number of benzene rings is 2. The van der Waals surface area contributed by atoms with E-state index in [0.717, 1.165) is 17.0 Å². The molecule has 1 N–H and O–H groups in total. The van der Waals surface area contributed by atoms with E-state index in [0.29, 0.717) is 24.6 Å². The summed E-state index contributed by atoms with van der Waals surface area (Å²) in [4.78, 5) is 25.8. The van der Waals surface area contributed by atoms with Gasteiger partial charge in [0.25, 0.3) is 5.91 Å². The molecule has 0 saturated carbocycles. The molecule has 0 aliphatic carbocycles. The smallest absolute Gasteiger partial charge is 0.254 e. The average Bonchev–Trinajstić information content (AvgIpc) is 2.85. The molecule has 0 fully saturated rings. The van der Waals surface area contributed by atoms with Crippen molar-refractivity contribution >= 4 is 29.1 Å². The van der Waals surface area contributed by atoms with E-state index in [9.17, 15) is 9.59 Å². The van der Waals surface area contributed by atoms with Gasteiger partial charge in [0.05, 0.1) is 6.61 Å². The standard InChI is InChI=1S/C19H19ClN2O3/c1-13(23)21-18-16-5-2-3-6-17(16)22(19(18)24)11-4-12-25-15-9-7-14(20)8-10-15/h2-3,5-10,18H,4,11-12H2,1H3,(H,21,23)/t18-/m0/s1. The maximum absolute atomic E-state index is 12.7. The van der Waals surface area contributed by atoms with Crippen molar-refractivity contribution in [2.75, 3.05) is 18.1 Å². The molecular formula is C19H19ClN2O3. The largest absolute Gasteiger partial charge is 0.494 e. The number of amides is 2. The number of carbonyl (C=O) groups is 2. The molecule has 25 heavy (non-hydrogen) atoms. The van der Waals surface area contributed by atoms with Crippen molar-refractivity contribution in [2.24, 2.45) is 0 Å². The zero-order valence-corrected chi connectivity index (χ0v) is 14.6. The summed E-state index contributed by atoms with van der Waals surface area (Å²) >= 11 is 5.84. The molecule has 0 unspecified atom stereocenters. The lowest BCUT2D eigenvalue weighted by Gasteiger charge is -2.18. The van der Waals surface area contributed by atoms with Crippen LogP contribution in [0.4, 0.5) is 5.69 Å². The Morgan fingerprint density at radius 1 is 1.20 bits per heavy atom. The van der Waals surface area contributed by atoms with Gasteiger partial charge >= 0.3 is 0 Å². The molecule has 130 valence electrons. The molecule has 1 atom stereocenters. The summed E-state index contributed by atoms with van der Waals surface area (Å²) in [5, 5.41) is 3.39. The Labute approximate surface area is 151 Å². The third-order valence-electron chi connectivity index (χ3n) is 4.01. The zero-order valence-electron chi connectivity index (χ0n) is 13.9. The monoisotopic (exact) mass is 358 g/mol. The van der Waals surface area contributed by atoms with Gasteiger partial charge in [-0.05, 0) is 36.8 Å². The van der Waals surface area contributed by atoms with Gasteiger partial charge in [-0.1, -0.05) is 29.8 Å². The van der Waals surface area contributed by atoms with Crippen LogP contribution in [0, 0.1) is 0 Å². The highest BCUT2D eigenvalue weighted by Gasteiger charge is 2.37. The predicted octanol–water partition coefficient (Wildman–Crippen LogP) is 3.33. The SMILES string of the molecule is CC(=O)N[C@@H]1C(=O)N(CCCOc2ccc(Cl)cc2)c2ccccc21. The van der Waals surface area contributed by atoms with Crippen molar-refractivity contribution in [3.05, 3.63) is 59.1 Å². The fraction of sp³-hybridized carbons (Fsp3) is 0.263. The molecule has 5 nitrogen and oxygen atoms in total. The molecule has 2 aromatic rings. The third kappa shape index (κ3) is 3.94. The van der Waals surface area contributed by atoms with Gasteiger partial charge in [-0.2, -0.15) is 0 Å². The highest BCUT2D eigenvalue weighted by Crippen LogP contribution is 2.35. The second kappa shape index (κ2) is 7.57. The van der Waals surface area contributed by atoms with E-state index in [4.69, 9.17) is 16.3 Å². The molecule has 2 aromatic carbocycles. The van der Waals surface area contributed by atoms with Gasteiger partial charge in [0.2, 0.25) is 5.91 Å². The molecular weight excluding hydrogens is 340 g/mol. The summed E-state index contributed by atoms with van der Waals surface area (Å²) in [6.45, 7) is 2.43. The molecule has 0 radical (unpaired) electrons. The lowest BCUT2D eigenvalue weighted by Crippen LogP contribution is -2.37. The lowest BCUT2D eigenvalue weighted by atomic mass is 10.1. The Morgan fingerprint density at radius 3 is 2.64 bits per heavy atom. The Hall–Kier alpha value is -2.53. The molecule has 1 aliphatic heterocycles. The van der Waals surface area contributed by atoms with Crippen LogP contribution in [0.25, 0.3) is 0 Å². The van der Waals surface area contributed by atoms with Crippen LogP contribution in [0.15, 0.2) is 48.5 Å². The van der Waals surface area contributed by atoms with Crippen LogP contribution in [-0.4, -0.2) is 25.0 Å². The summed E-state index contributed by atoms with van der Waals surface area (Å²) in [6, 6.07) is 14.1. The van der Waals surface area contributed by atoms with Gasteiger partial charge in [0.15, 0.2) is 0 Å². The van der Waals surface area contributed by atoms with Crippen LogP contribution < -0.4 is 15.0 Å². The van der Waals surface area contributed by atoms with Crippen LogP contribution in [-0.2, 0) is 9.59 Å². The summed E-state index contributed by atoms with van der Waals surface area (Å²) in [6.07, 6.45) is 0.676. The van der Waals surface area contributed by atoms with E-state index >= 15 is 0 Å². The Kier molecular flexibility index (Phi) is 5.24. The van der Waals surface area contributed by atoms with Crippen molar-refractivity contribution in [2.45, 2.75) is 19.4 Å². The normalized spacial score (nSPS) is 15.8. The number of halogens is 1. The topological polar surface area (TPSA) is 58.6 Å². The number of ether oxygens (including phenoxy) is 1. The summed E-state index contributed by atoms with van der Waals surface area (Å²) in [5.41, 5.74) is 1.68. The quantitative estimate of drug-likeness (QED) is 0.806. The Morgan fingerprint density at radius 2 is 1.92 bits per heavy atom. The van der Waals surface area contributed by atoms with Crippen LogP contribution in [0.2, 0.25) is 5.02 Å². The van der Waals surface area contributed by atoms with Gasteiger partial charge in [-0.15, -0.1) is 0 Å². The number of para-hydroxylation sites is 1. The number of hydrogen-bond donors (Lipinski definition) is 1. The van der Waals surface area contributed by atoms with Crippen molar-refractivity contribution < 1.29 is 14.3 Å². The number of nitrogens with one attached hydrogen (secondary N) is 1. The van der Waals surface area contributed by atoms with E-state index in [2.05, 4.69) is 5.32 Å². The van der Waals surface area contributed by atoms with E-state index in [1.165, 1.54) is 6.92 Å². The summed E-state index contributed by atoms with van der Waals surface area (Å²) in [5.74, 6) is 0.414. The van der Waals surface area contributed by atoms with Gasteiger partial charge in [-0.25, -0.2) is 0 Å². The molecule has 0 saturated heterocycles. The van der Waals surface area contributed by atoms with Crippen LogP contribution in [0.1, 0.15) is 24.9 Å². The minimum Gasteiger partial charge on any atom is -0.494 e. The fourth-order valence-corrected chi connectivity index (χ4v) is 3.03. The van der Waals surface area contributed by atoms with Crippen molar-refractivity contribution in [3.63, 3.8) is 0 Å². The van der Waals surface area contributed by atoms with Crippen LogP contribution in [0.3, 0.4) is 0 Å². The van der Waals surface area contributed by atoms with E-state index in [1.807, 2.05) is 36.4 Å². The highest BCUT2D eigenvalue weighted by molar-refractivity contribution is 6.30. The van der Waals surface area contributed by atoms with E-state index in [-0.39, 0.29) is 11.8 Å². The summed E-state index contributed by atoms with van der Waals surface area (Å²) < 4.78 is 5.67. The van der Waals surface area contributed by atoms with Gasteiger partial charge in [0.1, 0.15) is 11.8 Å².